The third-order valence-corrected chi connectivity index (χ3v) is 4.80. The Balaban J connectivity index is 1.84. The van der Waals surface area contributed by atoms with Gasteiger partial charge in [0, 0.05) is 31.5 Å². The van der Waals surface area contributed by atoms with E-state index in [0.717, 1.165) is 42.8 Å². The number of ether oxygens (including phenoxy) is 1. The van der Waals surface area contributed by atoms with E-state index in [9.17, 15) is 4.79 Å². The maximum absolute atomic E-state index is 12.8. The summed E-state index contributed by atoms with van der Waals surface area (Å²) in [6, 6.07) is 2.05. The number of carbonyl (C=O) groups excluding carboxylic acids is 1. The average molecular weight is 330 g/mol. The molecule has 1 saturated heterocycles. The summed E-state index contributed by atoms with van der Waals surface area (Å²) in [4.78, 5) is 17.3. The molecule has 6 nitrogen and oxygen atoms in total. The van der Waals surface area contributed by atoms with Gasteiger partial charge in [0.25, 0.3) is 5.91 Å². The standard InChI is InChI=1S/C18H26N4O2/c1-12(2)22-16-15(10-20-22)14(9-13(3)21-16)17(23)19-11-18(4)5-7-24-8-6-18/h9-10,12H,5-8,11H2,1-4H3,(H,19,23). The molecular weight excluding hydrogens is 304 g/mol. The maximum atomic E-state index is 12.8. The maximum Gasteiger partial charge on any atom is 0.252 e. The van der Waals surface area contributed by atoms with Gasteiger partial charge in [-0.2, -0.15) is 5.10 Å². The SMILES string of the molecule is Cc1cc(C(=O)NCC2(C)CCOCC2)c2cnn(C(C)C)c2n1. The minimum Gasteiger partial charge on any atom is -0.381 e. The molecule has 2 aromatic heterocycles. The molecule has 3 rings (SSSR count). The lowest BCUT2D eigenvalue weighted by Gasteiger charge is -2.33. The van der Waals surface area contributed by atoms with E-state index in [1.807, 2.05) is 17.7 Å². The lowest BCUT2D eigenvalue weighted by molar-refractivity contribution is 0.0238. The highest BCUT2D eigenvalue weighted by Crippen LogP contribution is 2.29. The molecule has 24 heavy (non-hydrogen) atoms. The summed E-state index contributed by atoms with van der Waals surface area (Å²) in [6.45, 7) is 10.4. The molecule has 0 atom stereocenters. The Kier molecular flexibility index (Phi) is 4.58. The average Bonchev–Trinajstić information content (AvgIpc) is 2.96. The molecule has 130 valence electrons. The molecule has 0 spiro atoms. The molecule has 0 saturated carbocycles. The van der Waals surface area contributed by atoms with E-state index in [2.05, 4.69) is 36.2 Å². The topological polar surface area (TPSA) is 69.0 Å². The molecule has 0 radical (unpaired) electrons. The predicted molar refractivity (Wildman–Crippen MR) is 93.1 cm³/mol. The van der Waals surface area contributed by atoms with Crippen molar-refractivity contribution in [2.24, 2.45) is 5.41 Å². The Hall–Kier alpha value is -1.95. The van der Waals surface area contributed by atoms with E-state index in [0.29, 0.717) is 12.1 Å². The van der Waals surface area contributed by atoms with Crippen molar-refractivity contribution in [2.75, 3.05) is 19.8 Å². The molecule has 0 unspecified atom stereocenters. The summed E-state index contributed by atoms with van der Waals surface area (Å²) in [7, 11) is 0. The minimum absolute atomic E-state index is 0.0541. The fourth-order valence-corrected chi connectivity index (χ4v) is 3.14. The van der Waals surface area contributed by atoms with Crippen molar-refractivity contribution in [2.45, 2.75) is 46.6 Å². The molecule has 1 aliphatic rings. The molecular formula is C18H26N4O2. The fraction of sp³-hybridized carbons (Fsp3) is 0.611. The van der Waals surface area contributed by atoms with Gasteiger partial charge in [0.05, 0.1) is 17.1 Å². The van der Waals surface area contributed by atoms with Crippen LogP contribution in [0.3, 0.4) is 0 Å². The minimum atomic E-state index is -0.0541. The number of aryl methyl sites for hydroxylation is 1. The van der Waals surface area contributed by atoms with E-state index in [1.165, 1.54) is 0 Å². The first-order valence-corrected chi connectivity index (χ1v) is 8.60. The highest BCUT2D eigenvalue weighted by molar-refractivity contribution is 6.05. The van der Waals surface area contributed by atoms with Gasteiger partial charge in [-0.25, -0.2) is 9.67 Å². The van der Waals surface area contributed by atoms with Crippen LogP contribution in [0.2, 0.25) is 0 Å². The Labute approximate surface area is 142 Å². The third-order valence-electron chi connectivity index (χ3n) is 4.80. The largest absolute Gasteiger partial charge is 0.381 e. The number of fused-ring (bicyclic) bond motifs is 1. The van der Waals surface area contributed by atoms with Crippen LogP contribution >= 0.6 is 0 Å². The van der Waals surface area contributed by atoms with Crippen LogP contribution in [-0.2, 0) is 4.74 Å². The van der Waals surface area contributed by atoms with Crippen molar-refractivity contribution in [3.8, 4) is 0 Å². The number of hydrogen-bond acceptors (Lipinski definition) is 4. The number of rotatable bonds is 4. The summed E-state index contributed by atoms with van der Waals surface area (Å²) in [6.07, 6.45) is 3.69. The van der Waals surface area contributed by atoms with Crippen LogP contribution < -0.4 is 5.32 Å². The summed E-state index contributed by atoms with van der Waals surface area (Å²) < 4.78 is 7.28. The molecule has 1 amide bonds. The van der Waals surface area contributed by atoms with E-state index in [4.69, 9.17) is 4.74 Å². The van der Waals surface area contributed by atoms with Crippen LogP contribution in [0.25, 0.3) is 11.0 Å². The zero-order valence-electron chi connectivity index (χ0n) is 14.9. The summed E-state index contributed by atoms with van der Waals surface area (Å²) >= 11 is 0. The van der Waals surface area contributed by atoms with Crippen molar-refractivity contribution < 1.29 is 9.53 Å². The Morgan fingerprint density at radius 2 is 2.12 bits per heavy atom. The van der Waals surface area contributed by atoms with Gasteiger partial charge >= 0.3 is 0 Å². The van der Waals surface area contributed by atoms with Gasteiger partial charge in [-0.15, -0.1) is 0 Å². The molecule has 0 bridgehead atoms. The lowest BCUT2D eigenvalue weighted by atomic mass is 9.82. The molecule has 1 fully saturated rings. The van der Waals surface area contributed by atoms with Crippen LogP contribution in [0.1, 0.15) is 55.7 Å². The van der Waals surface area contributed by atoms with Crippen LogP contribution in [0, 0.1) is 12.3 Å². The van der Waals surface area contributed by atoms with Crippen molar-refractivity contribution in [1.82, 2.24) is 20.1 Å². The number of carbonyl (C=O) groups is 1. The van der Waals surface area contributed by atoms with E-state index in [-0.39, 0.29) is 17.4 Å². The van der Waals surface area contributed by atoms with Gasteiger partial charge in [0.2, 0.25) is 0 Å². The van der Waals surface area contributed by atoms with Gasteiger partial charge in [-0.3, -0.25) is 4.79 Å². The monoisotopic (exact) mass is 330 g/mol. The molecule has 3 heterocycles. The third kappa shape index (κ3) is 3.29. The zero-order valence-corrected chi connectivity index (χ0v) is 14.9. The molecule has 2 aromatic rings. The normalized spacial score (nSPS) is 17.4. The van der Waals surface area contributed by atoms with Crippen molar-refractivity contribution in [3.05, 3.63) is 23.5 Å². The van der Waals surface area contributed by atoms with Crippen LogP contribution in [0.4, 0.5) is 0 Å². The van der Waals surface area contributed by atoms with E-state index >= 15 is 0 Å². The number of nitrogens with one attached hydrogen (secondary N) is 1. The highest BCUT2D eigenvalue weighted by atomic mass is 16.5. The van der Waals surface area contributed by atoms with Gasteiger partial charge < -0.3 is 10.1 Å². The van der Waals surface area contributed by atoms with Crippen LogP contribution in [0.15, 0.2) is 12.3 Å². The Morgan fingerprint density at radius 3 is 2.79 bits per heavy atom. The first kappa shape index (κ1) is 16.9. The highest BCUT2D eigenvalue weighted by Gasteiger charge is 2.28. The van der Waals surface area contributed by atoms with Crippen molar-refractivity contribution in [1.29, 1.82) is 0 Å². The second kappa shape index (κ2) is 6.51. The number of nitrogens with zero attached hydrogens (tertiary/aromatic N) is 3. The first-order valence-electron chi connectivity index (χ1n) is 8.60. The zero-order chi connectivity index (χ0) is 17.3. The van der Waals surface area contributed by atoms with Gasteiger partial charge in [-0.05, 0) is 45.1 Å². The smallest absolute Gasteiger partial charge is 0.252 e. The second-order valence-electron chi connectivity index (χ2n) is 7.34. The van der Waals surface area contributed by atoms with E-state index < -0.39 is 0 Å². The quantitative estimate of drug-likeness (QED) is 0.936. The van der Waals surface area contributed by atoms with Gasteiger partial charge in [0.15, 0.2) is 5.65 Å². The van der Waals surface area contributed by atoms with Crippen molar-refractivity contribution >= 4 is 16.9 Å². The second-order valence-corrected chi connectivity index (χ2v) is 7.34. The lowest BCUT2D eigenvalue weighted by Crippen LogP contribution is -2.39. The summed E-state index contributed by atoms with van der Waals surface area (Å²) in [5.74, 6) is -0.0541. The molecule has 6 heteroatoms. The fourth-order valence-electron chi connectivity index (χ4n) is 3.14. The van der Waals surface area contributed by atoms with E-state index in [1.54, 1.807) is 6.20 Å². The number of hydrogen-bond donors (Lipinski definition) is 1. The molecule has 1 aliphatic heterocycles. The van der Waals surface area contributed by atoms with Crippen molar-refractivity contribution in [3.63, 3.8) is 0 Å². The Morgan fingerprint density at radius 1 is 1.42 bits per heavy atom. The number of pyridine rings is 1. The molecule has 1 N–H and O–H groups in total. The van der Waals surface area contributed by atoms with Crippen LogP contribution in [0.5, 0.6) is 0 Å². The number of aromatic nitrogens is 3. The van der Waals surface area contributed by atoms with Crippen LogP contribution in [-0.4, -0.2) is 40.4 Å². The predicted octanol–water partition coefficient (Wildman–Crippen LogP) is 2.87. The summed E-state index contributed by atoms with van der Waals surface area (Å²) in [5, 5.41) is 8.32. The Bertz CT molecular complexity index is 745. The number of amides is 1. The first-order chi connectivity index (χ1) is 11.4. The molecule has 0 aromatic carbocycles. The summed E-state index contributed by atoms with van der Waals surface area (Å²) in [5.41, 5.74) is 2.36. The van der Waals surface area contributed by atoms with Gasteiger partial charge in [0.1, 0.15) is 0 Å². The molecule has 0 aliphatic carbocycles. The van der Waals surface area contributed by atoms with Gasteiger partial charge in [-0.1, -0.05) is 6.92 Å².